The van der Waals surface area contributed by atoms with Gasteiger partial charge in [0.25, 0.3) is 0 Å². The molecule has 0 aromatic rings. The molecule has 98 valence electrons. The number of rotatable bonds is 0. The Morgan fingerprint density at radius 2 is 2.00 bits per heavy atom. The Balaban J connectivity index is 2.06. The molecule has 2 aliphatic carbocycles. The molecular weight excluding hydrogens is 228 g/mol. The quantitative estimate of drug-likeness (QED) is 0.618. The molecular formula is C15H20O3. The molecule has 2 fully saturated rings. The molecule has 0 bridgehead atoms. The van der Waals surface area contributed by atoms with Crippen LogP contribution in [0.4, 0.5) is 0 Å². The zero-order valence-electron chi connectivity index (χ0n) is 11.2. The third-order valence-electron chi connectivity index (χ3n) is 5.48. The van der Waals surface area contributed by atoms with Crippen LogP contribution in [-0.2, 0) is 14.3 Å². The summed E-state index contributed by atoms with van der Waals surface area (Å²) in [7, 11) is 0. The molecule has 3 heteroatoms. The van der Waals surface area contributed by atoms with Crippen molar-refractivity contribution in [3.8, 4) is 0 Å². The Bertz CT molecular complexity index is 439. The van der Waals surface area contributed by atoms with Gasteiger partial charge in [0.1, 0.15) is 6.10 Å². The molecule has 1 aliphatic heterocycles. The third kappa shape index (κ3) is 1.30. The SMILES string of the molecule is C[C@@H]1C(=O)O[C@@H]2[C@H]1CC[C@H](C)[C@H]1C=CC(=O)[C@]12C. The van der Waals surface area contributed by atoms with E-state index >= 15 is 0 Å². The van der Waals surface area contributed by atoms with Gasteiger partial charge in [-0.2, -0.15) is 0 Å². The average Bonchev–Trinajstić information content (AvgIpc) is 2.75. The first-order valence-corrected chi connectivity index (χ1v) is 6.89. The number of ketones is 1. The van der Waals surface area contributed by atoms with Crippen molar-refractivity contribution in [1.82, 2.24) is 0 Å². The summed E-state index contributed by atoms with van der Waals surface area (Å²) >= 11 is 0. The van der Waals surface area contributed by atoms with Crippen LogP contribution in [0.15, 0.2) is 12.2 Å². The molecule has 0 aromatic heterocycles. The van der Waals surface area contributed by atoms with Gasteiger partial charge in [0, 0.05) is 5.92 Å². The van der Waals surface area contributed by atoms with Crippen LogP contribution in [0.5, 0.6) is 0 Å². The molecule has 0 unspecified atom stereocenters. The van der Waals surface area contributed by atoms with Crippen LogP contribution in [0.2, 0.25) is 0 Å². The van der Waals surface area contributed by atoms with Gasteiger partial charge in [-0.1, -0.05) is 19.9 Å². The van der Waals surface area contributed by atoms with E-state index in [1.54, 1.807) is 6.08 Å². The first-order chi connectivity index (χ1) is 8.46. The van der Waals surface area contributed by atoms with Crippen molar-refractivity contribution in [2.75, 3.05) is 0 Å². The highest BCUT2D eigenvalue weighted by atomic mass is 16.6. The standard InChI is InChI=1S/C15H20O3/c1-8-4-5-10-9(2)14(17)18-13(10)15(3)11(8)6-7-12(15)16/h6-11,13H,4-5H2,1-3H3/t8-,9-,10-,11+,13+,15-/m0/s1. The lowest BCUT2D eigenvalue weighted by molar-refractivity contribution is -0.152. The summed E-state index contributed by atoms with van der Waals surface area (Å²) in [5.41, 5.74) is -0.527. The van der Waals surface area contributed by atoms with Crippen molar-refractivity contribution < 1.29 is 14.3 Å². The molecule has 0 N–H and O–H groups in total. The van der Waals surface area contributed by atoms with Gasteiger partial charge < -0.3 is 4.74 Å². The maximum Gasteiger partial charge on any atom is 0.309 e. The summed E-state index contributed by atoms with van der Waals surface area (Å²) in [6, 6.07) is 0. The summed E-state index contributed by atoms with van der Waals surface area (Å²) in [6.45, 7) is 6.14. The minimum absolute atomic E-state index is 0.0637. The Labute approximate surface area is 108 Å². The number of ether oxygens (including phenoxy) is 1. The topological polar surface area (TPSA) is 43.4 Å². The smallest absolute Gasteiger partial charge is 0.309 e. The summed E-state index contributed by atoms with van der Waals surface area (Å²) in [6.07, 6.45) is 5.57. The van der Waals surface area contributed by atoms with E-state index in [4.69, 9.17) is 4.74 Å². The van der Waals surface area contributed by atoms with E-state index in [2.05, 4.69) is 6.92 Å². The van der Waals surface area contributed by atoms with Gasteiger partial charge in [-0.25, -0.2) is 0 Å². The van der Waals surface area contributed by atoms with Gasteiger partial charge in [0.15, 0.2) is 5.78 Å². The van der Waals surface area contributed by atoms with Gasteiger partial charge in [-0.3, -0.25) is 9.59 Å². The Kier molecular flexibility index (Phi) is 2.45. The van der Waals surface area contributed by atoms with Gasteiger partial charge in [-0.15, -0.1) is 0 Å². The van der Waals surface area contributed by atoms with Crippen LogP contribution in [-0.4, -0.2) is 17.9 Å². The third-order valence-corrected chi connectivity index (χ3v) is 5.48. The highest BCUT2D eigenvalue weighted by Crippen LogP contribution is 2.54. The lowest BCUT2D eigenvalue weighted by atomic mass is 9.67. The van der Waals surface area contributed by atoms with Crippen molar-refractivity contribution in [2.45, 2.75) is 39.7 Å². The molecule has 0 radical (unpaired) electrons. The fourth-order valence-electron chi connectivity index (χ4n) is 4.21. The number of esters is 1. The van der Waals surface area contributed by atoms with E-state index in [0.717, 1.165) is 12.8 Å². The van der Waals surface area contributed by atoms with Crippen LogP contribution in [0.3, 0.4) is 0 Å². The molecule has 3 nitrogen and oxygen atoms in total. The van der Waals surface area contributed by atoms with Gasteiger partial charge in [0.05, 0.1) is 11.3 Å². The highest BCUT2D eigenvalue weighted by molar-refractivity contribution is 5.98. The normalized spacial score (nSPS) is 50.7. The first kappa shape index (κ1) is 11.9. The van der Waals surface area contributed by atoms with E-state index in [0.29, 0.717) is 5.92 Å². The lowest BCUT2D eigenvalue weighted by Crippen LogP contribution is -2.45. The van der Waals surface area contributed by atoms with Crippen molar-refractivity contribution in [3.05, 3.63) is 12.2 Å². The summed E-state index contributed by atoms with van der Waals surface area (Å²) in [5, 5.41) is 0. The van der Waals surface area contributed by atoms with Gasteiger partial charge in [-0.05, 0) is 37.7 Å². The maximum absolute atomic E-state index is 12.3. The molecule has 1 saturated carbocycles. The summed E-state index contributed by atoms with van der Waals surface area (Å²) < 4.78 is 5.59. The summed E-state index contributed by atoms with van der Waals surface area (Å²) in [4.78, 5) is 24.1. The Morgan fingerprint density at radius 3 is 2.72 bits per heavy atom. The fourth-order valence-corrected chi connectivity index (χ4v) is 4.21. The van der Waals surface area contributed by atoms with E-state index in [9.17, 15) is 9.59 Å². The fraction of sp³-hybridized carbons (Fsp3) is 0.733. The first-order valence-electron chi connectivity index (χ1n) is 6.89. The molecule has 0 aromatic carbocycles. The second-order valence-electron chi connectivity index (χ2n) is 6.40. The van der Waals surface area contributed by atoms with Crippen LogP contribution < -0.4 is 0 Å². The molecule has 0 spiro atoms. The van der Waals surface area contributed by atoms with Crippen molar-refractivity contribution in [2.24, 2.45) is 29.1 Å². The Morgan fingerprint density at radius 1 is 1.28 bits per heavy atom. The number of hydrogen-bond acceptors (Lipinski definition) is 3. The summed E-state index contributed by atoms with van der Waals surface area (Å²) in [5.74, 6) is 0.856. The van der Waals surface area contributed by atoms with Crippen LogP contribution in [0.1, 0.15) is 33.6 Å². The molecule has 1 heterocycles. The second-order valence-corrected chi connectivity index (χ2v) is 6.40. The van der Waals surface area contributed by atoms with E-state index < -0.39 is 5.41 Å². The maximum atomic E-state index is 12.3. The number of fused-ring (bicyclic) bond motifs is 3. The predicted molar refractivity (Wildman–Crippen MR) is 66.7 cm³/mol. The highest BCUT2D eigenvalue weighted by Gasteiger charge is 2.60. The predicted octanol–water partition coefficient (Wildman–Crippen LogP) is 2.36. The number of carbonyl (C=O) groups is 2. The molecule has 18 heavy (non-hydrogen) atoms. The van der Waals surface area contributed by atoms with Crippen LogP contribution in [0.25, 0.3) is 0 Å². The monoisotopic (exact) mass is 248 g/mol. The van der Waals surface area contributed by atoms with E-state index in [1.807, 2.05) is 19.9 Å². The van der Waals surface area contributed by atoms with Gasteiger partial charge in [0.2, 0.25) is 0 Å². The number of hydrogen-bond donors (Lipinski definition) is 0. The number of allylic oxidation sites excluding steroid dienone is 2. The van der Waals surface area contributed by atoms with Crippen LogP contribution >= 0.6 is 0 Å². The van der Waals surface area contributed by atoms with E-state index in [1.165, 1.54) is 0 Å². The van der Waals surface area contributed by atoms with Crippen molar-refractivity contribution in [1.29, 1.82) is 0 Å². The Hall–Kier alpha value is -1.12. The lowest BCUT2D eigenvalue weighted by Gasteiger charge is -2.36. The largest absolute Gasteiger partial charge is 0.461 e. The molecule has 3 aliphatic rings. The molecule has 1 saturated heterocycles. The second kappa shape index (κ2) is 3.69. The molecule has 0 amide bonds. The number of carbonyl (C=O) groups excluding carboxylic acids is 2. The zero-order chi connectivity index (χ0) is 13.1. The van der Waals surface area contributed by atoms with Crippen LogP contribution in [0, 0.1) is 29.1 Å². The molecule has 3 rings (SSSR count). The minimum Gasteiger partial charge on any atom is -0.461 e. The van der Waals surface area contributed by atoms with Gasteiger partial charge >= 0.3 is 5.97 Å². The average molecular weight is 248 g/mol. The minimum atomic E-state index is -0.527. The van der Waals surface area contributed by atoms with E-state index in [-0.39, 0.29) is 35.6 Å². The zero-order valence-corrected chi connectivity index (χ0v) is 11.2. The van der Waals surface area contributed by atoms with Crippen molar-refractivity contribution >= 4 is 11.8 Å². The van der Waals surface area contributed by atoms with Crippen molar-refractivity contribution in [3.63, 3.8) is 0 Å². The molecule has 6 atom stereocenters.